The smallest absolute Gasteiger partial charge is 0.352 e. The van der Waals surface area contributed by atoms with Crippen LogP contribution < -0.4 is 4.40 Å². The Morgan fingerprint density at radius 2 is 2.04 bits per heavy atom. The van der Waals surface area contributed by atoms with Crippen molar-refractivity contribution in [1.29, 1.82) is 0 Å². The van der Waals surface area contributed by atoms with E-state index in [1.807, 2.05) is 34.0 Å². The summed E-state index contributed by atoms with van der Waals surface area (Å²) in [6.45, 7) is 7.58. The molecular weight excluding hydrogens is 354 g/mol. The minimum Gasteiger partial charge on any atom is -0.477 e. The van der Waals surface area contributed by atoms with Gasteiger partial charge in [0, 0.05) is 25.3 Å². The molecule has 7 nitrogen and oxygen atoms in total. The second kappa shape index (κ2) is 5.40. The molecule has 1 amide bonds. The fraction of sp³-hybridized carbons (Fsp3) is 0.500. The van der Waals surface area contributed by atoms with Gasteiger partial charge in [-0.3, -0.25) is 4.79 Å². The van der Waals surface area contributed by atoms with E-state index >= 15 is 0 Å². The number of aliphatic hydroxyl groups excluding tert-OH is 1. The summed E-state index contributed by atoms with van der Waals surface area (Å²) >= 11 is 1.54. The lowest BCUT2D eigenvalue weighted by Gasteiger charge is -2.46. The van der Waals surface area contributed by atoms with E-state index in [1.165, 1.54) is 4.90 Å². The lowest BCUT2D eigenvalue weighted by atomic mass is 9.77. The van der Waals surface area contributed by atoms with Crippen LogP contribution in [0.1, 0.15) is 30.2 Å². The SMILES string of the molecule is Cc1c2sc(C3=C(C(=O)O)N4C(=O)[C@H]([C@@H](C)O)[C@H]4[C@H]3C)c[n+]2c(C)n1C. The first-order valence-corrected chi connectivity index (χ1v) is 9.44. The molecule has 4 heterocycles. The lowest BCUT2D eigenvalue weighted by molar-refractivity contribution is -0.516. The Morgan fingerprint density at radius 1 is 1.38 bits per heavy atom. The number of β-lactam (4-membered cyclic amide) rings is 1. The molecule has 4 rings (SSSR count). The van der Waals surface area contributed by atoms with Gasteiger partial charge >= 0.3 is 5.97 Å². The Labute approximate surface area is 154 Å². The van der Waals surface area contributed by atoms with Gasteiger partial charge < -0.3 is 15.1 Å². The van der Waals surface area contributed by atoms with Gasteiger partial charge in [0.15, 0.2) is 5.69 Å². The van der Waals surface area contributed by atoms with Crippen LogP contribution in [0.25, 0.3) is 10.4 Å². The van der Waals surface area contributed by atoms with Gasteiger partial charge in [-0.1, -0.05) is 18.3 Å². The normalized spacial score (nSPS) is 26.5. The number of rotatable bonds is 3. The number of hydrogen-bond acceptors (Lipinski definition) is 4. The Hall–Kier alpha value is -2.19. The number of aromatic nitrogens is 2. The molecule has 2 aromatic heterocycles. The number of fused-ring (bicyclic) bond motifs is 2. The van der Waals surface area contributed by atoms with Crippen LogP contribution in [0.15, 0.2) is 11.9 Å². The first kappa shape index (κ1) is 17.2. The maximum Gasteiger partial charge on any atom is 0.352 e. The summed E-state index contributed by atoms with van der Waals surface area (Å²) in [4.78, 5) is 27.7. The predicted octanol–water partition coefficient (Wildman–Crippen LogP) is 1.10. The summed E-state index contributed by atoms with van der Waals surface area (Å²) in [5.41, 5.74) is 1.87. The summed E-state index contributed by atoms with van der Waals surface area (Å²) < 4.78 is 4.17. The fourth-order valence-corrected chi connectivity index (χ4v) is 5.74. The Morgan fingerprint density at radius 3 is 2.58 bits per heavy atom. The van der Waals surface area contributed by atoms with Gasteiger partial charge in [-0.2, -0.15) is 4.40 Å². The van der Waals surface area contributed by atoms with Crippen LogP contribution in [0.4, 0.5) is 0 Å². The van der Waals surface area contributed by atoms with Crippen molar-refractivity contribution in [1.82, 2.24) is 9.47 Å². The number of aliphatic carboxylic acids is 1. The highest BCUT2D eigenvalue weighted by Crippen LogP contribution is 2.51. The average Bonchev–Trinajstić information content (AvgIpc) is 3.15. The standard InChI is InChI=1S/C18H21N3O4S/c1-7-12(11-6-20-10(4)19(5)8(2)17(20)26-11)15(18(24)25)21-14(7)13(9(3)22)16(21)23/h6-7,9,13-14,22H,1-5H3/p+1/t7-,9+,13+,14+/m0/s1. The first-order valence-electron chi connectivity index (χ1n) is 8.62. The van der Waals surface area contributed by atoms with Crippen molar-refractivity contribution in [2.75, 3.05) is 0 Å². The van der Waals surface area contributed by atoms with Gasteiger partial charge in [0.05, 0.1) is 30.0 Å². The molecule has 0 unspecified atom stereocenters. The van der Waals surface area contributed by atoms with Crippen LogP contribution >= 0.6 is 11.3 Å². The second-order valence-corrected chi connectivity index (χ2v) is 8.31. The number of amides is 1. The van der Waals surface area contributed by atoms with E-state index < -0.39 is 18.0 Å². The second-order valence-electron chi connectivity index (χ2n) is 7.28. The van der Waals surface area contributed by atoms with E-state index in [4.69, 9.17) is 0 Å². The molecule has 2 aromatic rings. The van der Waals surface area contributed by atoms with Gasteiger partial charge in [0.1, 0.15) is 11.9 Å². The zero-order chi connectivity index (χ0) is 19.1. The van der Waals surface area contributed by atoms with E-state index in [1.54, 1.807) is 18.3 Å². The molecule has 0 spiro atoms. The number of imidazole rings is 1. The van der Waals surface area contributed by atoms with Crippen LogP contribution in [0.3, 0.4) is 0 Å². The molecule has 4 atom stereocenters. The van der Waals surface area contributed by atoms with Crippen molar-refractivity contribution in [3.8, 4) is 0 Å². The average molecular weight is 376 g/mol. The van der Waals surface area contributed by atoms with Crippen molar-refractivity contribution >= 4 is 33.6 Å². The summed E-state index contributed by atoms with van der Waals surface area (Å²) in [5.74, 6) is -1.01. The number of thiazole rings is 1. The van der Waals surface area contributed by atoms with E-state index in [-0.39, 0.29) is 23.6 Å². The summed E-state index contributed by atoms with van der Waals surface area (Å²) in [7, 11) is 2.00. The zero-order valence-corrected chi connectivity index (χ0v) is 16.2. The van der Waals surface area contributed by atoms with Gasteiger partial charge in [-0.25, -0.2) is 9.36 Å². The Kier molecular flexibility index (Phi) is 3.58. The van der Waals surface area contributed by atoms with Crippen molar-refractivity contribution in [2.24, 2.45) is 18.9 Å². The number of nitrogens with zero attached hydrogens (tertiary/aromatic N) is 3. The highest BCUT2D eigenvalue weighted by Gasteiger charge is 2.60. The Balaban J connectivity index is 1.89. The quantitative estimate of drug-likeness (QED) is 0.620. The van der Waals surface area contributed by atoms with E-state index in [9.17, 15) is 19.8 Å². The van der Waals surface area contributed by atoms with Crippen molar-refractivity contribution in [3.05, 3.63) is 28.3 Å². The van der Waals surface area contributed by atoms with E-state index in [2.05, 4.69) is 8.97 Å². The highest BCUT2D eigenvalue weighted by atomic mass is 32.1. The number of carboxylic acid groups (broad SMARTS) is 1. The third-order valence-corrected chi connectivity index (χ3v) is 7.19. The Bertz CT molecular complexity index is 962. The van der Waals surface area contributed by atoms with Gasteiger partial charge in [-0.05, 0) is 6.92 Å². The first-order chi connectivity index (χ1) is 12.2. The number of aryl methyl sites for hydroxylation is 2. The van der Waals surface area contributed by atoms with Gasteiger partial charge in [-0.15, -0.1) is 0 Å². The summed E-state index contributed by atoms with van der Waals surface area (Å²) in [5, 5.41) is 19.7. The molecule has 0 saturated carbocycles. The lowest BCUT2D eigenvalue weighted by Crippen LogP contribution is -2.63. The highest BCUT2D eigenvalue weighted by molar-refractivity contribution is 7.18. The zero-order valence-electron chi connectivity index (χ0n) is 15.3. The van der Waals surface area contributed by atoms with E-state index in [0.717, 1.165) is 21.2 Å². The molecule has 0 bridgehead atoms. The molecule has 138 valence electrons. The van der Waals surface area contributed by atoms with Crippen LogP contribution in [0.5, 0.6) is 0 Å². The van der Waals surface area contributed by atoms with Gasteiger partial charge in [0.2, 0.25) is 10.7 Å². The van der Waals surface area contributed by atoms with Crippen molar-refractivity contribution in [2.45, 2.75) is 39.8 Å². The summed E-state index contributed by atoms with van der Waals surface area (Å²) in [6, 6.07) is -0.289. The molecule has 2 aliphatic heterocycles. The minimum absolute atomic E-state index is 0.0635. The minimum atomic E-state index is -1.09. The van der Waals surface area contributed by atoms with Crippen molar-refractivity contribution < 1.29 is 24.2 Å². The molecule has 1 saturated heterocycles. The number of carbonyl (C=O) groups excluding carboxylic acids is 1. The molecule has 0 aliphatic carbocycles. The van der Waals surface area contributed by atoms with Crippen molar-refractivity contribution in [3.63, 3.8) is 0 Å². The number of carbonyl (C=O) groups is 2. The van der Waals surface area contributed by atoms with Crippen LogP contribution in [0, 0.1) is 25.7 Å². The maximum absolute atomic E-state index is 12.5. The molecule has 2 N–H and O–H groups in total. The molecule has 0 aromatic carbocycles. The van der Waals surface area contributed by atoms with Crippen LogP contribution in [-0.2, 0) is 16.6 Å². The fourth-order valence-electron chi connectivity index (χ4n) is 4.41. The number of aliphatic hydroxyl groups is 1. The predicted molar refractivity (Wildman–Crippen MR) is 95.4 cm³/mol. The number of carboxylic acids is 1. The topological polar surface area (TPSA) is 86.9 Å². The molecule has 0 radical (unpaired) electrons. The molecule has 1 fully saturated rings. The van der Waals surface area contributed by atoms with Gasteiger partial charge in [0.25, 0.3) is 5.82 Å². The largest absolute Gasteiger partial charge is 0.477 e. The molecule has 2 aliphatic rings. The molecular formula is C18H22N3O4S+. The summed E-state index contributed by atoms with van der Waals surface area (Å²) in [6.07, 6.45) is 1.17. The van der Waals surface area contributed by atoms with Crippen LogP contribution in [0.2, 0.25) is 0 Å². The molecule has 26 heavy (non-hydrogen) atoms. The third-order valence-electron chi connectivity index (χ3n) is 5.96. The number of hydrogen-bond donors (Lipinski definition) is 2. The third kappa shape index (κ3) is 1.94. The molecule has 8 heteroatoms. The monoisotopic (exact) mass is 376 g/mol. The van der Waals surface area contributed by atoms with Crippen LogP contribution in [-0.4, -0.2) is 43.7 Å². The maximum atomic E-state index is 12.5. The van der Waals surface area contributed by atoms with E-state index in [0.29, 0.717) is 5.57 Å².